The molecule has 0 aliphatic heterocycles. The molecule has 20 heavy (non-hydrogen) atoms. The van der Waals surface area contributed by atoms with Crippen LogP contribution in [0.2, 0.25) is 0 Å². The molecule has 0 aliphatic carbocycles. The molecule has 4 heteroatoms. The number of aromatic nitrogens is 3. The van der Waals surface area contributed by atoms with E-state index in [4.69, 9.17) is 0 Å². The van der Waals surface area contributed by atoms with E-state index in [-0.39, 0.29) is 0 Å². The predicted molar refractivity (Wildman–Crippen MR) is 81.7 cm³/mol. The number of nitrogens with one attached hydrogen (secondary N) is 1. The van der Waals surface area contributed by atoms with Gasteiger partial charge in [-0.3, -0.25) is 4.68 Å². The average molecular weight is 272 g/mol. The van der Waals surface area contributed by atoms with Gasteiger partial charge in [-0.2, -0.15) is 5.10 Å². The molecule has 1 heterocycles. The summed E-state index contributed by atoms with van der Waals surface area (Å²) >= 11 is 0. The van der Waals surface area contributed by atoms with Gasteiger partial charge in [0.25, 0.3) is 0 Å². The van der Waals surface area contributed by atoms with E-state index in [1.807, 2.05) is 11.7 Å². The first-order valence-electron chi connectivity index (χ1n) is 7.31. The Balaban J connectivity index is 2.07. The summed E-state index contributed by atoms with van der Waals surface area (Å²) in [5, 5.41) is 7.78. The van der Waals surface area contributed by atoms with E-state index in [9.17, 15) is 0 Å². The van der Waals surface area contributed by atoms with Crippen molar-refractivity contribution in [2.45, 2.75) is 39.2 Å². The third kappa shape index (κ3) is 3.90. The second kappa shape index (κ2) is 7.20. The SMILES string of the molecule is CCCNC(Cc1ccccc1C)Cc1ncnn1C. The standard InChI is InChI=1S/C16H24N4/c1-4-9-17-15(11-16-18-12-19-20(16)3)10-14-8-6-5-7-13(14)2/h5-8,12,15,17H,4,9-11H2,1-3H3. The van der Waals surface area contributed by atoms with Crippen LogP contribution in [0.1, 0.15) is 30.3 Å². The summed E-state index contributed by atoms with van der Waals surface area (Å²) in [5.41, 5.74) is 2.76. The van der Waals surface area contributed by atoms with Crippen molar-refractivity contribution in [3.8, 4) is 0 Å². The van der Waals surface area contributed by atoms with E-state index in [0.717, 1.165) is 31.6 Å². The highest BCUT2D eigenvalue weighted by Crippen LogP contribution is 2.12. The maximum absolute atomic E-state index is 4.34. The lowest BCUT2D eigenvalue weighted by Gasteiger charge is -2.19. The summed E-state index contributed by atoms with van der Waals surface area (Å²) < 4.78 is 1.86. The molecule has 0 saturated heterocycles. The predicted octanol–water partition coefficient (Wildman–Crippen LogP) is 2.28. The molecule has 4 nitrogen and oxygen atoms in total. The fourth-order valence-electron chi connectivity index (χ4n) is 2.39. The van der Waals surface area contributed by atoms with Gasteiger partial charge in [0.15, 0.2) is 0 Å². The van der Waals surface area contributed by atoms with Gasteiger partial charge in [0.05, 0.1) is 0 Å². The molecule has 0 bridgehead atoms. The van der Waals surface area contributed by atoms with Crippen molar-refractivity contribution in [3.05, 3.63) is 47.5 Å². The Morgan fingerprint density at radius 2 is 2.05 bits per heavy atom. The van der Waals surface area contributed by atoms with Crippen molar-refractivity contribution in [2.75, 3.05) is 6.54 Å². The van der Waals surface area contributed by atoms with Gasteiger partial charge in [0.1, 0.15) is 12.2 Å². The summed E-state index contributed by atoms with van der Waals surface area (Å²) in [6.07, 6.45) is 4.70. The number of aryl methyl sites for hydroxylation is 2. The number of rotatable bonds is 7. The van der Waals surface area contributed by atoms with Gasteiger partial charge in [-0.1, -0.05) is 31.2 Å². The first-order chi connectivity index (χ1) is 9.70. The maximum atomic E-state index is 4.34. The second-order valence-corrected chi connectivity index (χ2v) is 5.29. The molecule has 0 spiro atoms. The number of hydrogen-bond donors (Lipinski definition) is 1. The Labute approximate surface area is 121 Å². The van der Waals surface area contributed by atoms with Crippen LogP contribution in [0.5, 0.6) is 0 Å². The molecule has 1 unspecified atom stereocenters. The molecule has 1 aromatic heterocycles. The minimum absolute atomic E-state index is 0.402. The van der Waals surface area contributed by atoms with Gasteiger partial charge in [-0.05, 0) is 37.4 Å². The molecule has 1 aromatic carbocycles. The zero-order valence-corrected chi connectivity index (χ0v) is 12.6. The normalized spacial score (nSPS) is 12.6. The summed E-state index contributed by atoms with van der Waals surface area (Å²) in [6, 6.07) is 9.00. The molecule has 1 N–H and O–H groups in total. The topological polar surface area (TPSA) is 42.7 Å². The number of hydrogen-bond acceptors (Lipinski definition) is 3. The first kappa shape index (κ1) is 14.7. The third-order valence-corrected chi connectivity index (χ3v) is 3.64. The van der Waals surface area contributed by atoms with Gasteiger partial charge < -0.3 is 5.32 Å². The van der Waals surface area contributed by atoms with Gasteiger partial charge in [0, 0.05) is 19.5 Å². The first-order valence-corrected chi connectivity index (χ1v) is 7.31. The highest BCUT2D eigenvalue weighted by molar-refractivity contribution is 5.26. The van der Waals surface area contributed by atoms with Gasteiger partial charge in [-0.25, -0.2) is 4.98 Å². The lowest BCUT2D eigenvalue weighted by Crippen LogP contribution is -2.34. The summed E-state index contributed by atoms with van der Waals surface area (Å²) in [6.45, 7) is 5.41. The fourth-order valence-corrected chi connectivity index (χ4v) is 2.39. The van der Waals surface area contributed by atoms with Gasteiger partial charge in [-0.15, -0.1) is 0 Å². The van der Waals surface area contributed by atoms with Crippen molar-refractivity contribution >= 4 is 0 Å². The molecular formula is C16H24N4. The van der Waals surface area contributed by atoms with Crippen LogP contribution >= 0.6 is 0 Å². The minimum atomic E-state index is 0.402. The quantitative estimate of drug-likeness (QED) is 0.841. The third-order valence-electron chi connectivity index (χ3n) is 3.64. The van der Waals surface area contributed by atoms with Crippen LogP contribution in [-0.2, 0) is 19.9 Å². The smallest absolute Gasteiger partial charge is 0.138 e. The van der Waals surface area contributed by atoms with E-state index < -0.39 is 0 Å². The van der Waals surface area contributed by atoms with Crippen LogP contribution in [0.3, 0.4) is 0 Å². The second-order valence-electron chi connectivity index (χ2n) is 5.29. The molecule has 0 amide bonds. The van der Waals surface area contributed by atoms with Crippen molar-refractivity contribution in [2.24, 2.45) is 7.05 Å². The van der Waals surface area contributed by atoms with Crippen molar-refractivity contribution in [1.82, 2.24) is 20.1 Å². The minimum Gasteiger partial charge on any atom is -0.313 e. The highest BCUT2D eigenvalue weighted by atomic mass is 15.3. The van der Waals surface area contributed by atoms with E-state index in [1.165, 1.54) is 11.1 Å². The van der Waals surface area contributed by atoms with Crippen LogP contribution < -0.4 is 5.32 Å². The summed E-state index contributed by atoms with van der Waals surface area (Å²) in [5.74, 6) is 1.03. The van der Waals surface area contributed by atoms with Crippen LogP contribution in [-0.4, -0.2) is 27.4 Å². The fraction of sp³-hybridized carbons (Fsp3) is 0.500. The van der Waals surface area contributed by atoms with E-state index >= 15 is 0 Å². The molecule has 0 fully saturated rings. The Hall–Kier alpha value is -1.68. The highest BCUT2D eigenvalue weighted by Gasteiger charge is 2.14. The summed E-state index contributed by atoms with van der Waals surface area (Å²) in [4.78, 5) is 4.34. The lowest BCUT2D eigenvalue weighted by atomic mass is 9.99. The number of nitrogens with zero attached hydrogens (tertiary/aromatic N) is 3. The van der Waals surface area contributed by atoms with Crippen molar-refractivity contribution < 1.29 is 0 Å². The molecule has 2 rings (SSSR count). The van der Waals surface area contributed by atoms with Crippen molar-refractivity contribution in [1.29, 1.82) is 0 Å². The van der Waals surface area contributed by atoms with Crippen LogP contribution in [0.15, 0.2) is 30.6 Å². The molecule has 0 saturated carbocycles. The van der Waals surface area contributed by atoms with E-state index in [2.05, 4.69) is 53.5 Å². The van der Waals surface area contributed by atoms with Crippen LogP contribution in [0.4, 0.5) is 0 Å². The van der Waals surface area contributed by atoms with Crippen LogP contribution in [0, 0.1) is 6.92 Å². The zero-order chi connectivity index (χ0) is 14.4. The van der Waals surface area contributed by atoms with Gasteiger partial charge in [0.2, 0.25) is 0 Å². The lowest BCUT2D eigenvalue weighted by molar-refractivity contribution is 0.485. The van der Waals surface area contributed by atoms with Crippen molar-refractivity contribution in [3.63, 3.8) is 0 Å². The Morgan fingerprint density at radius 1 is 1.25 bits per heavy atom. The molecule has 0 aliphatic rings. The monoisotopic (exact) mass is 272 g/mol. The Bertz CT molecular complexity index is 533. The largest absolute Gasteiger partial charge is 0.313 e. The molecule has 2 aromatic rings. The Morgan fingerprint density at radius 3 is 2.70 bits per heavy atom. The van der Waals surface area contributed by atoms with Gasteiger partial charge >= 0.3 is 0 Å². The molecule has 1 atom stereocenters. The molecular weight excluding hydrogens is 248 g/mol. The Kier molecular flexibility index (Phi) is 5.30. The molecule has 0 radical (unpaired) electrons. The zero-order valence-electron chi connectivity index (χ0n) is 12.6. The average Bonchev–Trinajstić information content (AvgIpc) is 2.84. The number of benzene rings is 1. The molecule has 108 valence electrons. The van der Waals surface area contributed by atoms with E-state index in [0.29, 0.717) is 6.04 Å². The summed E-state index contributed by atoms with van der Waals surface area (Å²) in [7, 11) is 1.95. The maximum Gasteiger partial charge on any atom is 0.138 e. The van der Waals surface area contributed by atoms with E-state index in [1.54, 1.807) is 6.33 Å². The van der Waals surface area contributed by atoms with Crippen LogP contribution in [0.25, 0.3) is 0 Å².